The maximum Gasteiger partial charge on any atom is 0.242 e. The number of rotatable bonds is 8. The number of unbranched alkanes of at least 4 members (excludes halogenated alkanes) is 3. The quantitative estimate of drug-likeness (QED) is 0.373. The van der Waals surface area contributed by atoms with Crippen LogP contribution in [0.4, 0.5) is 0 Å². The van der Waals surface area contributed by atoms with Crippen LogP contribution < -0.4 is 0 Å². The molecule has 0 radical (unpaired) electrons. The summed E-state index contributed by atoms with van der Waals surface area (Å²) in [5, 5.41) is 19.0. The molecule has 0 saturated heterocycles. The van der Waals surface area contributed by atoms with Gasteiger partial charge in [-0.25, -0.2) is 0 Å². The zero-order valence-electron chi connectivity index (χ0n) is 8.74. The third-order valence-corrected chi connectivity index (χ3v) is 2.02. The lowest BCUT2D eigenvalue weighted by Crippen LogP contribution is -1.98. The van der Waals surface area contributed by atoms with Crippen molar-refractivity contribution in [3.05, 3.63) is 21.9 Å². The average Bonchev–Trinajstić information content (AvgIpc) is 2.15. The summed E-state index contributed by atoms with van der Waals surface area (Å²) in [5.74, 6) is 0. The van der Waals surface area contributed by atoms with E-state index in [1.165, 1.54) is 0 Å². The van der Waals surface area contributed by atoms with Crippen LogP contribution in [-0.2, 0) is 0 Å². The van der Waals surface area contributed by atoms with Crippen LogP contribution in [0, 0.1) is 10.1 Å². The van der Waals surface area contributed by atoms with E-state index >= 15 is 0 Å². The highest BCUT2D eigenvalue weighted by atomic mass is 16.6. The molecule has 0 saturated carbocycles. The fraction of sp³-hybridized carbons (Fsp3) is 0.800. The molecule has 1 N–H and O–H groups in total. The zero-order chi connectivity index (χ0) is 10.8. The number of allylic oxidation sites excluding steroid dienone is 2. The molecule has 14 heavy (non-hydrogen) atoms. The van der Waals surface area contributed by atoms with Crippen LogP contribution in [0.15, 0.2) is 11.8 Å². The summed E-state index contributed by atoms with van der Waals surface area (Å²) in [4.78, 5) is 10.2. The van der Waals surface area contributed by atoms with Crippen molar-refractivity contribution >= 4 is 0 Å². The predicted octanol–water partition coefficient (Wildman–Crippen LogP) is 2.50. The van der Waals surface area contributed by atoms with Gasteiger partial charge in [0.15, 0.2) is 0 Å². The molecule has 0 aliphatic carbocycles. The summed E-state index contributed by atoms with van der Waals surface area (Å²) < 4.78 is 0. The van der Waals surface area contributed by atoms with Gasteiger partial charge in [-0.2, -0.15) is 0 Å². The number of hydrogen-bond donors (Lipinski definition) is 1. The minimum absolute atomic E-state index is 0.215. The maximum atomic E-state index is 10.5. The third-order valence-electron chi connectivity index (χ3n) is 2.02. The van der Waals surface area contributed by atoms with Gasteiger partial charge >= 0.3 is 0 Å². The molecule has 0 bridgehead atoms. The molecule has 0 heterocycles. The van der Waals surface area contributed by atoms with Crippen molar-refractivity contribution in [2.45, 2.75) is 45.4 Å². The minimum Gasteiger partial charge on any atom is -0.396 e. The van der Waals surface area contributed by atoms with Crippen LogP contribution in [-0.4, -0.2) is 16.6 Å². The number of nitro groups is 1. The van der Waals surface area contributed by atoms with E-state index in [0.29, 0.717) is 18.5 Å². The van der Waals surface area contributed by atoms with Gasteiger partial charge < -0.3 is 5.11 Å². The Hall–Kier alpha value is -0.900. The van der Waals surface area contributed by atoms with E-state index in [2.05, 4.69) is 0 Å². The van der Waals surface area contributed by atoms with Gasteiger partial charge in [-0.05, 0) is 25.3 Å². The van der Waals surface area contributed by atoms with Gasteiger partial charge in [-0.3, -0.25) is 10.1 Å². The molecule has 4 heteroatoms. The largest absolute Gasteiger partial charge is 0.396 e. The molecule has 0 unspecified atom stereocenters. The molecular formula is C10H19NO3. The molecule has 0 aliphatic rings. The lowest BCUT2D eigenvalue weighted by Gasteiger charge is -1.99. The third kappa shape index (κ3) is 6.60. The summed E-state index contributed by atoms with van der Waals surface area (Å²) in [7, 11) is 0. The first-order valence-electron chi connectivity index (χ1n) is 5.16. The minimum atomic E-state index is -0.296. The van der Waals surface area contributed by atoms with Crippen LogP contribution in [0.2, 0.25) is 0 Å². The number of aliphatic hydroxyl groups is 1. The van der Waals surface area contributed by atoms with Gasteiger partial charge in [0.1, 0.15) is 0 Å². The van der Waals surface area contributed by atoms with Gasteiger partial charge in [0.05, 0.1) is 4.92 Å². The lowest BCUT2D eigenvalue weighted by atomic mass is 10.1. The van der Waals surface area contributed by atoms with Gasteiger partial charge in [-0.1, -0.05) is 19.8 Å². The maximum absolute atomic E-state index is 10.5. The molecule has 0 aromatic carbocycles. The van der Waals surface area contributed by atoms with Crippen LogP contribution in [0.25, 0.3) is 0 Å². The second kappa shape index (κ2) is 8.69. The Labute approximate surface area is 84.8 Å². The SMILES string of the molecule is CC/C=C(\CCCCCCO)[N+](=O)[O-]. The van der Waals surface area contributed by atoms with Crippen molar-refractivity contribution < 1.29 is 10.0 Å². The molecule has 0 aromatic heterocycles. The van der Waals surface area contributed by atoms with E-state index in [1.807, 2.05) is 6.92 Å². The van der Waals surface area contributed by atoms with Crippen LogP contribution in [0.3, 0.4) is 0 Å². The van der Waals surface area contributed by atoms with Crippen LogP contribution >= 0.6 is 0 Å². The molecule has 0 atom stereocenters. The van der Waals surface area contributed by atoms with Crippen LogP contribution in [0.1, 0.15) is 45.4 Å². The summed E-state index contributed by atoms with van der Waals surface area (Å²) >= 11 is 0. The van der Waals surface area contributed by atoms with E-state index < -0.39 is 0 Å². The monoisotopic (exact) mass is 201 g/mol. The molecule has 0 spiro atoms. The summed E-state index contributed by atoms with van der Waals surface area (Å²) in [6.45, 7) is 2.11. The number of aliphatic hydroxyl groups excluding tert-OH is 1. The molecule has 0 amide bonds. The predicted molar refractivity (Wildman–Crippen MR) is 55.5 cm³/mol. The number of hydrogen-bond acceptors (Lipinski definition) is 3. The summed E-state index contributed by atoms with van der Waals surface area (Å²) in [6.07, 6.45) is 6.48. The van der Waals surface area contributed by atoms with E-state index in [4.69, 9.17) is 5.11 Å². The molecule has 0 fully saturated rings. The fourth-order valence-corrected chi connectivity index (χ4v) is 1.27. The first kappa shape index (κ1) is 13.1. The zero-order valence-corrected chi connectivity index (χ0v) is 8.74. The highest BCUT2D eigenvalue weighted by Gasteiger charge is 2.08. The Morgan fingerprint density at radius 2 is 2.00 bits per heavy atom. The Kier molecular flexibility index (Phi) is 8.13. The Bertz CT molecular complexity index is 190. The molecule has 0 aromatic rings. The van der Waals surface area contributed by atoms with Crippen molar-refractivity contribution in [1.29, 1.82) is 0 Å². The van der Waals surface area contributed by atoms with E-state index in [-0.39, 0.29) is 11.5 Å². The summed E-state index contributed by atoms with van der Waals surface area (Å²) in [5.41, 5.74) is 0.330. The van der Waals surface area contributed by atoms with Crippen LogP contribution in [0.5, 0.6) is 0 Å². The van der Waals surface area contributed by atoms with Crippen molar-refractivity contribution in [2.24, 2.45) is 0 Å². The molecule has 4 nitrogen and oxygen atoms in total. The summed E-state index contributed by atoms with van der Waals surface area (Å²) in [6, 6.07) is 0. The lowest BCUT2D eigenvalue weighted by molar-refractivity contribution is -0.428. The highest BCUT2D eigenvalue weighted by Crippen LogP contribution is 2.11. The van der Waals surface area contributed by atoms with E-state index in [9.17, 15) is 10.1 Å². The van der Waals surface area contributed by atoms with Gasteiger partial charge in [0.2, 0.25) is 5.70 Å². The second-order valence-corrected chi connectivity index (χ2v) is 3.25. The Morgan fingerprint density at radius 1 is 1.36 bits per heavy atom. The fourth-order valence-electron chi connectivity index (χ4n) is 1.27. The molecule has 0 rings (SSSR count). The van der Waals surface area contributed by atoms with Gasteiger partial charge in [0, 0.05) is 13.0 Å². The van der Waals surface area contributed by atoms with Gasteiger partial charge in [-0.15, -0.1) is 0 Å². The van der Waals surface area contributed by atoms with Crippen molar-refractivity contribution in [2.75, 3.05) is 6.61 Å². The van der Waals surface area contributed by atoms with Crippen molar-refractivity contribution in [3.63, 3.8) is 0 Å². The number of nitrogens with zero attached hydrogens (tertiary/aromatic N) is 1. The van der Waals surface area contributed by atoms with Crippen molar-refractivity contribution in [3.8, 4) is 0 Å². The second-order valence-electron chi connectivity index (χ2n) is 3.25. The van der Waals surface area contributed by atoms with E-state index in [1.54, 1.807) is 6.08 Å². The average molecular weight is 201 g/mol. The highest BCUT2D eigenvalue weighted by molar-refractivity contribution is 4.90. The first-order valence-corrected chi connectivity index (χ1v) is 5.16. The smallest absolute Gasteiger partial charge is 0.242 e. The topological polar surface area (TPSA) is 63.4 Å². The Balaban J connectivity index is 3.62. The molecular weight excluding hydrogens is 182 g/mol. The molecule has 82 valence electrons. The standard InChI is InChI=1S/C10H19NO3/c1-2-7-10(11(13)14)8-5-3-4-6-9-12/h7,12H,2-6,8-9H2,1H3/b10-7+. The Morgan fingerprint density at radius 3 is 2.50 bits per heavy atom. The van der Waals surface area contributed by atoms with E-state index in [0.717, 1.165) is 25.7 Å². The molecule has 0 aliphatic heterocycles. The van der Waals surface area contributed by atoms with Gasteiger partial charge in [0.25, 0.3) is 0 Å². The first-order chi connectivity index (χ1) is 6.72. The normalized spacial score (nSPS) is 11.7. The van der Waals surface area contributed by atoms with Crippen molar-refractivity contribution in [1.82, 2.24) is 0 Å².